The van der Waals surface area contributed by atoms with Gasteiger partial charge in [-0.15, -0.1) is 0 Å². The van der Waals surface area contributed by atoms with Gasteiger partial charge in [-0.2, -0.15) is 0 Å². The molecule has 0 radical (unpaired) electrons. The minimum atomic E-state index is -0.177. The Morgan fingerprint density at radius 2 is 1.64 bits per heavy atom. The number of anilines is 1. The molecule has 0 bridgehead atoms. The molecule has 1 aliphatic rings. The average Bonchev–Trinajstić information content (AvgIpc) is 3.19. The first-order chi connectivity index (χ1) is 17.3. The molecule has 0 N–H and O–H groups in total. The van der Waals surface area contributed by atoms with Gasteiger partial charge in [-0.1, -0.05) is 42.0 Å². The maximum Gasteiger partial charge on any atom is 0.273 e. The van der Waals surface area contributed by atoms with Gasteiger partial charge in [-0.05, 0) is 24.6 Å². The summed E-state index contributed by atoms with van der Waals surface area (Å²) in [7, 11) is 5.40. The van der Waals surface area contributed by atoms with Crippen LogP contribution in [0.4, 0.5) is 5.82 Å². The van der Waals surface area contributed by atoms with Crippen LogP contribution in [-0.2, 0) is 7.05 Å². The van der Waals surface area contributed by atoms with Gasteiger partial charge in [0.15, 0.2) is 0 Å². The lowest BCUT2D eigenvalue weighted by Crippen LogP contribution is -2.49. The van der Waals surface area contributed by atoms with Crippen molar-refractivity contribution in [1.29, 1.82) is 0 Å². The summed E-state index contributed by atoms with van der Waals surface area (Å²) in [5.41, 5.74) is 5.21. The van der Waals surface area contributed by atoms with Crippen LogP contribution >= 0.6 is 0 Å². The number of benzene rings is 2. The summed E-state index contributed by atoms with van der Waals surface area (Å²) in [5.74, 6) is 0.579. The highest BCUT2D eigenvalue weighted by molar-refractivity contribution is 6.13. The van der Waals surface area contributed by atoms with E-state index in [1.54, 1.807) is 20.3 Å². The Kier molecular flexibility index (Phi) is 6.18. The molecule has 0 atom stereocenters. The van der Waals surface area contributed by atoms with Crippen molar-refractivity contribution < 1.29 is 9.59 Å². The Morgan fingerprint density at radius 1 is 0.917 bits per heavy atom. The summed E-state index contributed by atoms with van der Waals surface area (Å²) in [6.07, 6.45) is 3.15. The number of fused-ring (bicyclic) bond motifs is 1. The van der Waals surface area contributed by atoms with E-state index in [0.29, 0.717) is 37.7 Å². The minimum absolute atomic E-state index is 0.0442. The molecule has 4 aromatic rings. The molecule has 2 amide bonds. The summed E-state index contributed by atoms with van der Waals surface area (Å²) in [6.45, 7) is 4.50. The van der Waals surface area contributed by atoms with Crippen LogP contribution < -0.4 is 4.90 Å². The fourth-order valence-electron chi connectivity index (χ4n) is 4.83. The molecular weight excluding hydrogens is 452 g/mol. The first-order valence-corrected chi connectivity index (χ1v) is 12.1. The number of aromatic nitrogens is 3. The lowest BCUT2D eigenvalue weighted by Gasteiger charge is -2.35. The van der Waals surface area contributed by atoms with Crippen molar-refractivity contribution in [3.63, 3.8) is 0 Å². The smallest absolute Gasteiger partial charge is 0.273 e. The lowest BCUT2D eigenvalue weighted by atomic mass is 10.0. The second-order valence-corrected chi connectivity index (χ2v) is 9.41. The van der Waals surface area contributed by atoms with Gasteiger partial charge in [0.2, 0.25) is 0 Å². The van der Waals surface area contributed by atoms with Gasteiger partial charge in [-0.3, -0.25) is 9.59 Å². The van der Waals surface area contributed by atoms with Crippen molar-refractivity contribution in [2.75, 3.05) is 45.2 Å². The number of nitrogens with zero attached hydrogens (tertiary/aromatic N) is 6. The van der Waals surface area contributed by atoms with E-state index in [0.717, 1.165) is 33.3 Å². The van der Waals surface area contributed by atoms with Gasteiger partial charge in [0.25, 0.3) is 11.8 Å². The third kappa shape index (κ3) is 4.19. The summed E-state index contributed by atoms with van der Waals surface area (Å²) >= 11 is 0. The monoisotopic (exact) mass is 482 g/mol. The van der Waals surface area contributed by atoms with Crippen molar-refractivity contribution in [1.82, 2.24) is 24.3 Å². The molecule has 3 heterocycles. The van der Waals surface area contributed by atoms with Crippen LogP contribution in [0, 0.1) is 6.92 Å². The van der Waals surface area contributed by atoms with Gasteiger partial charge < -0.3 is 19.3 Å². The molecular formula is C28H30N6O2. The molecule has 0 spiro atoms. The van der Waals surface area contributed by atoms with Crippen molar-refractivity contribution in [3.8, 4) is 11.3 Å². The van der Waals surface area contributed by atoms with E-state index in [4.69, 9.17) is 0 Å². The minimum Gasteiger partial charge on any atom is -0.352 e. The summed E-state index contributed by atoms with van der Waals surface area (Å²) in [4.78, 5) is 40.3. The van der Waals surface area contributed by atoms with Crippen molar-refractivity contribution >= 4 is 28.5 Å². The summed E-state index contributed by atoms with van der Waals surface area (Å²) in [6, 6.07) is 16.4. The van der Waals surface area contributed by atoms with Crippen LogP contribution in [0.1, 0.15) is 26.4 Å². The molecule has 0 saturated carbocycles. The van der Waals surface area contributed by atoms with E-state index < -0.39 is 0 Å². The first-order valence-electron chi connectivity index (χ1n) is 12.1. The number of aryl methyl sites for hydroxylation is 2. The van der Waals surface area contributed by atoms with Gasteiger partial charge in [-0.25, -0.2) is 9.97 Å². The Hall–Kier alpha value is -4.20. The highest BCUT2D eigenvalue weighted by atomic mass is 16.2. The van der Waals surface area contributed by atoms with E-state index in [-0.39, 0.29) is 11.8 Å². The molecule has 0 unspecified atom stereocenters. The fraction of sp³-hybridized carbons (Fsp3) is 0.286. The molecule has 0 aliphatic carbocycles. The molecule has 8 heteroatoms. The SMILES string of the molecule is Cc1ccc2c(c1)c(C(=O)N1CCN(c3cnc(C(=O)N(C)C)cn3)CC1)c(-c1ccccc1)n2C. The Labute approximate surface area is 210 Å². The number of carbonyl (C=O) groups is 2. The third-order valence-corrected chi connectivity index (χ3v) is 6.77. The highest BCUT2D eigenvalue weighted by Crippen LogP contribution is 2.34. The molecule has 1 aliphatic heterocycles. The molecule has 2 aromatic carbocycles. The molecule has 2 aromatic heterocycles. The van der Waals surface area contributed by atoms with Crippen LogP contribution in [0.5, 0.6) is 0 Å². The van der Waals surface area contributed by atoms with Crippen LogP contribution in [0.15, 0.2) is 60.9 Å². The largest absolute Gasteiger partial charge is 0.352 e. The maximum atomic E-state index is 14.0. The Bertz CT molecular complexity index is 1420. The van der Waals surface area contributed by atoms with E-state index in [2.05, 4.69) is 56.7 Å². The van der Waals surface area contributed by atoms with Gasteiger partial charge in [0.1, 0.15) is 11.5 Å². The van der Waals surface area contributed by atoms with E-state index in [9.17, 15) is 9.59 Å². The van der Waals surface area contributed by atoms with Gasteiger partial charge in [0, 0.05) is 58.2 Å². The second kappa shape index (κ2) is 9.45. The normalized spacial score (nSPS) is 13.8. The number of hydrogen-bond acceptors (Lipinski definition) is 5. The molecule has 36 heavy (non-hydrogen) atoms. The zero-order chi connectivity index (χ0) is 25.4. The number of piperazine rings is 1. The maximum absolute atomic E-state index is 14.0. The molecule has 1 fully saturated rings. The quantitative estimate of drug-likeness (QED) is 0.444. The van der Waals surface area contributed by atoms with E-state index in [1.807, 2.05) is 30.1 Å². The van der Waals surface area contributed by atoms with Crippen LogP contribution in [0.2, 0.25) is 0 Å². The topological polar surface area (TPSA) is 74.6 Å². The zero-order valence-corrected chi connectivity index (χ0v) is 21.1. The van der Waals surface area contributed by atoms with Crippen molar-refractivity contribution in [3.05, 3.63) is 77.7 Å². The van der Waals surface area contributed by atoms with Crippen molar-refractivity contribution in [2.24, 2.45) is 7.05 Å². The summed E-state index contributed by atoms with van der Waals surface area (Å²) < 4.78 is 2.12. The number of hydrogen-bond donors (Lipinski definition) is 0. The van der Waals surface area contributed by atoms with E-state index in [1.165, 1.54) is 11.1 Å². The predicted molar refractivity (Wildman–Crippen MR) is 141 cm³/mol. The molecule has 5 rings (SSSR count). The van der Waals surface area contributed by atoms with E-state index >= 15 is 0 Å². The molecule has 8 nitrogen and oxygen atoms in total. The fourth-order valence-corrected chi connectivity index (χ4v) is 4.83. The van der Waals surface area contributed by atoms with Crippen LogP contribution in [0.3, 0.4) is 0 Å². The highest BCUT2D eigenvalue weighted by Gasteiger charge is 2.29. The molecule has 1 saturated heterocycles. The zero-order valence-electron chi connectivity index (χ0n) is 21.1. The van der Waals surface area contributed by atoms with Gasteiger partial charge in [0.05, 0.1) is 23.7 Å². The van der Waals surface area contributed by atoms with Crippen molar-refractivity contribution in [2.45, 2.75) is 6.92 Å². The standard InChI is InChI=1S/C28H30N6O2/c1-19-10-11-23-21(16-19)25(26(32(23)4)20-8-6-5-7-9-20)28(36)34-14-12-33(13-15-34)24-18-29-22(17-30-24)27(35)31(2)3/h5-11,16-18H,12-15H2,1-4H3. The third-order valence-electron chi connectivity index (χ3n) is 6.77. The lowest BCUT2D eigenvalue weighted by molar-refractivity contribution is 0.0748. The first kappa shape index (κ1) is 23.5. The van der Waals surface area contributed by atoms with Gasteiger partial charge >= 0.3 is 0 Å². The second-order valence-electron chi connectivity index (χ2n) is 9.41. The average molecular weight is 483 g/mol. The predicted octanol–water partition coefficient (Wildman–Crippen LogP) is 3.61. The summed E-state index contributed by atoms with van der Waals surface area (Å²) in [5, 5.41) is 0.982. The Balaban J connectivity index is 1.41. The molecule has 184 valence electrons. The number of amides is 2. The number of rotatable bonds is 4. The Morgan fingerprint density at radius 3 is 2.28 bits per heavy atom. The van der Waals surface area contributed by atoms with Crippen LogP contribution in [-0.4, -0.2) is 76.4 Å². The number of carbonyl (C=O) groups excluding carboxylic acids is 2. The van der Waals surface area contributed by atoms with Crippen LogP contribution in [0.25, 0.3) is 22.2 Å².